The van der Waals surface area contributed by atoms with Crippen molar-refractivity contribution in [2.75, 3.05) is 13.1 Å². The molecule has 0 unspecified atom stereocenters. The maximum atomic E-state index is 13.0. The average Bonchev–Trinajstić information content (AvgIpc) is 3.19. The van der Waals surface area contributed by atoms with Gasteiger partial charge in [0.25, 0.3) is 17.5 Å². The zero-order chi connectivity index (χ0) is 23.0. The number of nitrogens with one attached hydrogen (secondary N) is 1. The van der Waals surface area contributed by atoms with E-state index in [9.17, 15) is 19.7 Å². The molecule has 0 saturated heterocycles. The molecule has 0 aliphatic carbocycles. The fourth-order valence-corrected chi connectivity index (χ4v) is 2.79. The van der Waals surface area contributed by atoms with E-state index in [0.717, 1.165) is 12.8 Å². The minimum absolute atomic E-state index is 0.0777. The molecule has 31 heavy (non-hydrogen) atoms. The first-order valence-electron chi connectivity index (χ1n) is 10.4. The molecular formula is C22H30N4O5. The van der Waals surface area contributed by atoms with Crippen LogP contribution < -0.4 is 5.32 Å². The highest BCUT2D eigenvalue weighted by molar-refractivity contribution is 5.94. The third-order valence-corrected chi connectivity index (χ3v) is 4.71. The van der Waals surface area contributed by atoms with Crippen molar-refractivity contribution < 1.29 is 18.9 Å². The van der Waals surface area contributed by atoms with Crippen molar-refractivity contribution in [3.05, 3.63) is 57.8 Å². The monoisotopic (exact) mass is 430 g/mol. The molecule has 0 saturated carbocycles. The number of nitro groups is 1. The lowest BCUT2D eigenvalue weighted by molar-refractivity contribution is -0.384. The van der Waals surface area contributed by atoms with E-state index in [4.69, 9.17) is 4.42 Å². The lowest BCUT2D eigenvalue weighted by atomic mass is 10.1. The number of carbonyl (C=O) groups excluding carboxylic acids is 2. The molecule has 9 nitrogen and oxygen atoms in total. The topological polar surface area (TPSA) is 119 Å². The Morgan fingerprint density at radius 3 is 2.35 bits per heavy atom. The Balaban J connectivity index is 2.10. The molecule has 0 radical (unpaired) electrons. The summed E-state index contributed by atoms with van der Waals surface area (Å²) in [5.74, 6) is 0.517. The predicted octanol–water partition coefficient (Wildman–Crippen LogP) is 4.05. The number of nitro benzene ring substituents is 1. The molecule has 1 aromatic carbocycles. The van der Waals surface area contributed by atoms with Gasteiger partial charge in [0, 0.05) is 30.8 Å². The first-order valence-corrected chi connectivity index (χ1v) is 10.4. The van der Waals surface area contributed by atoms with Crippen LogP contribution in [-0.4, -0.2) is 39.7 Å². The third kappa shape index (κ3) is 7.51. The van der Waals surface area contributed by atoms with Gasteiger partial charge in [-0.1, -0.05) is 27.7 Å². The van der Waals surface area contributed by atoms with Crippen LogP contribution >= 0.6 is 0 Å². The van der Waals surface area contributed by atoms with E-state index in [2.05, 4.69) is 38.0 Å². The quantitative estimate of drug-likeness (QED) is 0.424. The Bertz CT molecular complexity index is 890. The molecule has 0 atom stereocenters. The first-order chi connectivity index (χ1) is 14.7. The predicted molar refractivity (Wildman–Crippen MR) is 116 cm³/mol. The van der Waals surface area contributed by atoms with Crippen LogP contribution in [0.4, 0.5) is 5.69 Å². The Morgan fingerprint density at radius 1 is 1.13 bits per heavy atom. The van der Waals surface area contributed by atoms with E-state index in [1.165, 1.54) is 30.5 Å². The normalized spacial score (nSPS) is 11.0. The summed E-state index contributed by atoms with van der Waals surface area (Å²) in [6.07, 6.45) is 2.92. The van der Waals surface area contributed by atoms with Gasteiger partial charge in [-0.15, -0.1) is 0 Å². The highest BCUT2D eigenvalue weighted by Crippen LogP contribution is 2.16. The van der Waals surface area contributed by atoms with Gasteiger partial charge in [-0.05, 0) is 36.8 Å². The maximum Gasteiger partial charge on any atom is 0.273 e. The molecule has 9 heteroatoms. The summed E-state index contributed by atoms with van der Waals surface area (Å²) in [7, 11) is 0. The van der Waals surface area contributed by atoms with Crippen molar-refractivity contribution in [2.45, 2.75) is 47.1 Å². The SMILES string of the molecule is CC(C)CCNC(=O)c1coc(CN(CCC(C)C)C(=O)c2ccc([N+](=O)[O-])cc2)n1. The third-order valence-electron chi connectivity index (χ3n) is 4.71. The van der Waals surface area contributed by atoms with Crippen LogP contribution in [0.2, 0.25) is 0 Å². The zero-order valence-electron chi connectivity index (χ0n) is 18.5. The van der Waals surface area contributed by atoms with Crippen LogP contribution in [0.1, 0.15) is 67.3 Å². The second-order valence-corrected chi connectivity index (χ2v) is 8.28. The van der Waals surface area contributed by atoms with Gasteiger partial charge in [0.2, 0.25) is 5.89 Å². The molecule has 168 valence electrons. The highest BCUT2D eigenvalue weighted by atomic mass is 16.6. The van der Waals surface area contributed by atoms with Gasteiger partial charge in [0.1, 0.15) is 6.26 Å². The summed E-state index contributed by atoms with van der Waals surface area (Å²) in [5.41, 5.74) is 0.434. The summed E-state index contributed by atoms with van der Waals surface area (Å²) in [6, 6.07) is 5.48. The number of aromatic nitrogens is 1. The van der Waals surface area contributed by atoms with Crippen LogP contribution in [-0.2, 0) is 6.54 Å². The summed E-state index contributed by atoms with van der Waals surface area (Å²) in [4.78, 5) is 41.4. The van der Waals surface area contributed by atoms with Crippen molar-refractivity contribution >= 4 is 17.5 Å². The maximum absolute atomic E-state index is 13.0. The molecule has 0 aliphatic rings. The smallest absolute Gasteiger partial charge is 0.273 e. The molecule has 0 fully saturated rings. The molecule has 2 rings (SSSR count). The summed E-state index contributed by atoms with van der Waals surface area (Å²) >= 11 is 0. The Morgan fingerprint density at radius 2 is 1.77 bits per heavy atom. The highest BCUT2D eigenvalue weighted by Gasteiger charge is 2.21. The number of hydrogen-bond donors (Lipinski definition) is 1. The van der Waals surface area contributed by atoms with Crippen molar-refractivity contribution in [1.29, 1.82) is 0 Å². The molecule has 1 heterocycles. The second kappa shape index (κ2) is 11.2. The molecule has 2 aromatic rings. The zero-order valence-corrected chi connectivity index (χ0v) is 18.5. The lowest BCUT2D eigenvalue weighted by Crippen LogP contribution is -2.32. The van der Waals surface area contributed by atoms with E-state index >= 15 is 0 Å². The summed E-state index contributed by atoms with van der Waals surface area (Å²) in [6.45, 7) is 9.38. The molecule has 0 spiro atoms. The van der Waals surface area contributed by atoms with Crippen molar-refractivity contribution in [3.63, 3.8) is 0 Å². The number of oxazole rings is 1. The van der Waals surface area contributed by atoms with Crippen molar-refractivity contribution in [3.8, 4) is 0 Å². The van der Waals surface area contributed by atoms with Crippen LogP contribution in [0, 0.1) is 22.0 Å². The number of benzene rings is 1. The van der Waals surface area contributed by atoms with Gasteiger partial charge in [-0.2, -0.15) is 0 Å². The van der Waals surface area contributed by atoms with Crippen molar-refractivity contribution in [1.82, 2.24) is 15.2 Å². The number of hydrogen-bond acceptors (Lipinski definition) is 6. The van der Waals surface area contributed by atoms with E-state index in [1.54, 1.807) is 4.90 Å². The minimum Gasteiger partial charge on any atom is -0.446 e. The van der Waals surface area contributed by atoms with Gasteiger partial charge in [-0.25, -0.2) is 4.98 Å². The van der Waals surface area contributed by atoms with Gasteiger partial charge in [0.05, 0.1) is 11.5 Å². The Kier molecular flexibility index (Phi) is 8.72. The lowest BCUT2D eigenvalue weighted by Gasteiger charge is -2.22. The molecule has 1 aromatic heterocycles. The molecule has 0 aliphatic heterocycles. The van der Waals surface area contributed by atoms with E-state index < -0.39 is 4.92 Å². The van der Waals surface area contributed by atoms with E-state index in [0.29, 0.717) is 30.5 Å². The number of nitrogens with zero attached hydrogens (tertiary/aromatic N) is 3. The summed E-state index contributed by atoms with van der Waals surface area (Å²) in [5, 5.41) is 13.7. The van der Waals surface area contributed by atoms with E-state index in [-0.39, 0.29) is 35.6 Å². The second-order valence-electron chi connectivity index (χ2n) is 8.28. The van der Waals surface area contributed by atoms with Crippen LogP contribution in [0.15, 0.2) is 34.9 Å². The number of non-ortho nitro benzene ring substituents is 1. The van der Waals surface area contributed by atoms with Gasteiger partial charge in [-0.3, -0.25) is 19.7 Å². The molecule has 2 amide bonds. The minimum atomic E-state index is -0.509. The number of carbonyl (C=O) groups is 2. The van der Waals surface area contributed by atoms with E-state index in [1.807, 2.05) is 0 Å². The van der Waals surface area contributed by atoms with Gasteiger partial charge >= 0.3 is 0 Å². The van der Waals surface area contributed by atoms with Gasteiger partial charge < -0.3 is 14.6 Å². The Hall–Kier alpha value is -3.23. The van der Waals surface area contributed by atoms with Crippen LogP contribution in [0.5, 0.6) is 0 Å². The molecule has 0 bridgehead atoms. The van der Waals surface area contributed by atoms with Gasteiger partial charge in [0.15, 0.2) is 5.69 Å². The van der Waals surface area contributed by atoms with Crippen LogP contribution in [0.25, 0.3) is 0 Å². The number of rotatable bonds is 11. The fourth-order valence-electron chi connectivity index (χ4n) is 2.79. The average molecular weight is 431 g/mol. The number of amides is 2. The standard InChI is InChI=1S/C22H30N4O5/c1-15(2)9-11-23-21(27)19-14-31-20(24-19)13-25(12-10-16(3)4)22(28)17-5-7-18(8-6-17)26(29)30/h5-8,14-16H,9-13H2,1-4H3,(H,23,27). The van der Waals surface area contributed by atoms with Crippen LogP contribution in [0.3, 0.4) is 0 Å². The fraction of sp³-hybridized carbons (Fsp3) is 0.500. The molecular weight excluding hydrogens is 400 g/mol. The Labute approximate surface area is 182 Å². The largest absolute Gasteiger partial charge is 0.446 e. The van der Waals surface area contributed by atoms with Crippen molar-refractivity contribution in [2.24, 2.45) is 11.8 Å². The first kappa shape index (κ1) is 24.0. The molecule has 1 N–H and O–H groups in total. The summed E-state index contributed by atoms with van der Waals surface area (Å²) < 4.78 is 5.43.